The predicted molar refractivity (Wildman–Crippen MR) is 55.6 cm³/mol. The van der Waals surface area contributed by atoms with Crippen LogP contribution in [-0.2, 0) is 10.0 Å². The van der Waals surface area contributed by atoms with E-state index < -0.39 is 10.0 Å². The Balaban J connectivity index is 2.25. The van der Waals surface area contributed by atoms with Crippen LogP contribution in [0.5, 0.6) is 0 Å². The molecule has 0 aromatic carbocycles. The summed E-state index contributed by atoms with van der Waals surface area (Å²) in [6.07, 6.45) is 3.04. The van der Waals surface area contributed by atoms with Crippen molar-refractivity contribution in [2.24, 2.45) is 0 Å². The Bertz CT molecular complexity index is 288. The monoisotopic (exact) mass is 218 g/mol. The molecule has 2 bridgehead atoms. The second kappa shape index (κ2) is 3.79. The van der Waals surface area contributed by atoms with Crippen molar-refractivity contribution in [3.05, 3.63) is 0 Å². The molecule has 0 aromatic rings. The van der Waals surface area contributed by atoms with Gasteiger partial charge in [-0.15, -0.1) is 0 Å². The van der Waals surface area contributed by atoms with Crippen molar-refractivity contribution in [2.75, 3.05) is 18.8 Å². The number of nitrogens with zero attached hydrogens (tertiary/aromatic N) is 1. The summed E-state index contributed by atoms with van der Waals surface area (Å²) in [6, 6.07) is 0.479. The molecular weight excluding hydrogens is 200 g/mol. The molecule has 0 aromatic heterocycles. The van der Waals surface area contributed by atoms with Crippen molar-refractivity contribution in [3.63, 3.8) is 0 Å². The van der Waals surface area contributed by atoms with Crippen LogP contribution in [0, 0.1) is 0 Å². The van der Waals surface area contributed by atoms with Crippen molar-refractivity contribution >= 4 is 10.0 Å². The van der Waals surface area contributed by atoms with E-state index in [1.54, 1.807) is 11.2 Å². The summed E-state index contributed by atoms with van der Waals surface area (Å²) in [6.45, 7) is 3.51. The van der Waals surface area contributed by atoms with Gasteiger partial charge >= 0.3 is 0 Å². The van der Waals surface area contributed by atoms with E-state index in [4.69, 9.17) is 0 Å². The summed E-state index contributed by atoms with van der Waals surface area (Å²) >= 11 is 0. The first kappa shape index (κ1) is 10.4. The van der Waals surface area contributed by atoms with E-state index in [2.05, 4.69) is 5.32 Å². The maximum Gasteiger partial charge on any atom is 0.214 e. The van der Waals surface area contributed by atoms with Gasteiger partial charge in [-0.25, -0.2) is 8.42 Å². The van der Waals surface area contributed by atoms with Gasteiger partial charge in [0.1, 0.15) is 0 Å². The van der Waals surface area contributed by atoms with Crippen molar-refractivity contribution < 1.29 is 8.42 Å². The summed E-state index contributed by atoms with van der Waals surface area (Å²) in [4.78, 5) is 0. The van der Waals surface area contributed by atoms with E-state index in [1.165, 1.54) is 0 Å². The first-order valence-corrected chi connectivity index (χ1v) is 6.98. The minimum absolute atomic E-state index is 0.215. The van der Waals surface area contributed by atoms with Gasteiger partial charge in [-0.2, -0.15) is 4.31 Å². The lowest BCUT2D eigenvalue weighted by molar-refractivity contribution is 0.335. The van der Waals surface area contributed by atoms with Crippen molar-refractivity contribution in [1.29, 1.82) is 0 Å². The molecule has 5 heteroatoms. The SMILES string of the molecule is CCS(=O)(=O)N1C2CCNCC1CC2. The number of sulfonamides is 1. The van der Waals surface area contributed by atoms with Gasteiger partial charge in [0.2, 0.25) is 10.0 Å². The Morgan fingerprint density at radius 1 is 1.29 bits per heavy atom. The lowest BCUT2D eigenvalue weighted by Gasteiger charge is -2.26. The molecule has 1 N–H and O–H groups in total. The van der Waals surface area contributed by atoms with Crippen LogP contribution < -0.4 is 5.32 Å². The third-order valence-electron chi connectivity index (χ3n) is 3.27. The highest BCUT2D eigenvalue weighted by Crippen LogP contribution is 2.30. The third kappa shape index (κ3) is 1.68. The first-order valence-electron chi connectivity index (χ1n) is 5.37. The molecule has 14 heavy (non-hydrogen) atoms. The molecule has 0 radical (unpaired) electrons. The van der Waals surface area contributed by atoms with Crippen LogP contribution in [0.25, 0.3) is 0 Å². The topological polar surface area (TPSA) is 49.4 Å². The largest absolute Gasteiger partial charge is 0.315 e. The molecule has 2 saturated heterocycles. The molecule has 4 nitrogen and oxygen atoms in total. The van der Waals surface area contributed by atoms with E-state index >= 15 is 0 Å². The Kier molecular flexibility index (Phi) is 2.81. The molecule has 2 aliphatic heterocycles. The fourth-order valence-electron chi connectivity index (χ4n) is 2.54. The van der Waals surface area contributed by atoms with Crippen molar-refractivity contribution in [3.8, 4) is 0 Å². The highest BCUT2D eigenvalue weighted by atomic mass is 32.2. The number of hydrogen-bond acceptors (Lipinski definition) is 3. The molecule has 0 amide bonds. The summed E-state index contributed by atoms with van der Waals surface area (Å²) in [7, 11) is -2.99. The van der Waals surface area contributed by atoms with E-state index in [0.717, 1.165) is 32.4 Å². The highest BCUT2D eigenvalue weighted by Gasteiger charge is 2.41. The second-order valence-corrected chi connectivity index (χ2v) is 6.27. The zero-order valence-electron chi connectivity index (χ0n) is 8.57. The fourth-order valence-corrected chi connectivity index (χ4v) is 4.14. The molecule has 2 aliphatic rings. The molecule has 2 heterocycles. The summed E-state index contributed by atoms with van der Waals surface area (Å²) in [5.74, 6) is 0.236. The van der Waals surface area contributed by atoms with E-state index in [1.807, 2.05) is 0 Å². The highest BCUT2D eigenvalue weighted by molar-refractivity contribution is 7.89. The van der Waals surface area contributed by atoms with Gasteiger partial charge in [0.25, 0.3) is 0 Å². The molecule has 2 fully saturated rings. The van der Waals surface area contributed by atoms with Crippen LogP contribution >= 0.6 is 0 Å². The van der Waals surface area contributed by atoms with E-state index in [9.17, 15) is 8.42 Å². The second-order valence-electron chi connectivity index (χ2n) is 4.11. The van der Waals surface area contributed by atoms with Gasteiger partial charge in [-0.1, -0.05) is 0 Å². The molecule has 0 saturated carbocycles. The maximum absolute atomic E-state index is 11.9. The summed E-state index contributed by atoms with van der Waals surface area (Å²) in [5.41, 5.74) is 0. The average molecular weight is 218 g/mol. The van der Waals surface area contributed by atoms with Crippen LogP contribution in [0.2, 0.25) is 0 Å². The maximum atomic E-state index is 11.9. The van der Waals surface area contributed by atoms with Crippen molar-refractivity contribution in [2.45, 2.75) is 38.3 Å². The molecule has 82 valence electrons. The molecule has 0 aliphatic carbocycles. The first-order chi connectivity index (χ1) is 6.65. The average Bonchev–Trinajstić information content (AvgIpc) is 2.40. The molecule has 2 unspecified atom stereocenters. The smallest absolute Gasteiger partial charge is 0.214 e. The van der Waals surface area contributed by atoms with Crippen molar-refractivity contribution in [1.82, 2.24) is 9.62 Å². The van der Waals surface area contributed by atoms with Crippen LogP contribution in [0.4, 0.5) is 0 Å². The summed E-state index contributed by atoms with van der Waals surface area (Å²) in [5, 5.41) is 3.30. The number of fused-ring (bicyclic) bond motifs is 2. The van der Waals surface area contributed by atoms with Gasteiger partial charge in [-0.3, -0.25) is 0 Å². The van der Waals surface area contributed by atoms with Crippen LogP contribution in [0.3, 0.4) is 0 Å². The lowest BCUT2D eigenvalue weighted by atomic mass is 10.1. The van der Waals surface area contributed by atoms with Crippen LogP contribution in [0.15, 0.2) is 0 Å². The third-order valence-corrected chi connectivity index (χ3v) is 5.24. The van der Waals surface area contributed by atoms with Crippen LogP contribution in [-0.4, -0.2) is 43.6 Å². The van der Waals surface area contributed by atoms with E-state index in [-0.39, 0.29) is 17.8 Å². The Morgan fingerprint density at radius 2 is 2.00 bits per heavy atom. The molecule has 2 atom stereocenters. The standard InChI is InChI=1S/C9H18N2O2S/c1-2-14(12,13)11-8-3-4-9(11)7-10-6-5-8/h8-10H,2-7H2,1H3. The number of rotatable bonds is 2. The zero-order chi connectivity index (χ0) is 10.2. The minimum atomic E-state index is -2.99. The quantitative estimate of drug-likeness (QED) is 0.718. The Hall–Kier alpha value is -0.130. The Labute approximate surface area is 85.7 Å². The lowest BCUT2D eigenvalue weighted by Crippen LogP contribution is -2.43. The normalized spacial score (nSPS) is 34.4. The van der Waals surface area contributed by atoms with Gasteiger partial charge in [-0.05, 0) is 32.7 Å². The van der Waals surface area contributed by atoms with Gasteiger partial charge in [0.15, 0.2) is 0 Å². The van der Waals surface area contributed by atoms with E-state index in [0.29, 0.717) is 0 Å². The molecule has 2 rings (SSSR count). The van der Waals surface area contributed by atoms with Gasteiger partial charge in [0.05, 0.1) is 5.75 Å². The number of hydrogen-bond donors (Lipinski definition) is 1. The Morgan fingerprint density at radius 3 is 2.71 bits per heavy atom. The van der Waals surface area contributed by atoms with Crippen LogP contribution in [0.1, 0.15) is 26.2 Å². The zero-order valence-corrected chi connectivity index (χ0v) is 9.39. The summed E-state index contributed by atoms with van der Waals surface area (Å²) < 4.78 is 25.5. The van der Waals surface area contributed by atoms with Gasteiger partial charge in [0, 0.05) is 18.6 Å². The number of nitrogens with one attached hydrogen (secondary N) is 1. The molecular formula is C9H18N2O2S. The van der Waals surface area contributed by atoms with Gasteiger partial charge < -0.3 is 5.32 Å². The minimum Gasteiger partial charge on any atom is -0.315 e. The predicted octanol–water partition coefficient (Wildman–Crippen LogP) is 0.162. The fraction of sp³-hybridized carbons (Fsp3) is 1.00. The molecule has 0 spiro atoms.